The van der Waals surface area contributed by atoms with Crippen molar-refractivity contribution in [2.75, 3.05) is 10.6 Å². The lowest BCUT2D eigenvalue weighted by molar-refractivity contribution is 0.102. The number of nitrogens with one attached hydrogen (secondary N) is 2. The monoisotopic (exact) mass is 317 g/mol. The number of anilines is 2. The van der Waals surface area contributed by atoms with Gasteiger partial charge in [-0.2, -0.15) is 0 Å². The Bertz CT molecular complexity index is 814. The molecule has 0 aliphatic rings. The molecule has 0 aliphatic heterocycles. The number of carbonyl (C=O) groups is 1. The maximum Gasteiger partial charge on any atom is 0.255 e. The second kappa shape index (κ2) is 7.42. The molecule has 2 N–H and O–H groups in total. The normalized spacial score (nSPS) is 10.2. The zero-order valence-corrected chi connectivity index (χ0v) is 13.5. The minimum absolute atomic E-state index is 0.141. The SMILES string of the molecule is Cc1cccc(CNc2ccc(NC(=O)c3ccccc3)cn2)c1. The van der Waals surface area contributed by atoms with Crippen molar-refractivity contribution in [1.82, 2.24) is 4.98 Å². The summed E-state index contributed by atoms with van der Waals surface area (Å²) in [6.07, 6.45) is 1.65. The highest BCUT2D eigenvalue weighted by Crippen LogP contribution is 2.13. The number of nitrogens with zero attached hydrogens (tertiary/aromatic N) is 1. The first-order valence-corrected chi connectivity index (χ1v) is 7.82. The van der Waals surface area contributed by atoms with Gasteiger partial charge < -0.3 is 10.6 Å². The van der Waals surface area contributed by atoms with E-state index in [9.17, 15) is 4.79 Å². The van der Waals surface area contributed by atoms with Crippen molar-refractivity contribution in [1.29, 1.82) is 0 Å². The van der Waals surface area contributed by atoms with Crippen LogP contribution in [0.15, 0.2) is 72.9 Å². The van der Waals surface area contributed by atoms with Gasteiger partial charge in [-0.1, -0.05) is 48.0 Å². The Balaban J connectivity index is 1.58. The molecule has 2 aromatic carbocycles. The highest BCUT2D eigenvalue weighted by molar-refractivity contribution is 6.04. The smallest absolute Gasteiger partial charge is 0.255 e. The molecule has 4 heteroatoms. The average molecular weight is 317 g/mol. The quantitative estimate of drug-likeness (QED) is 0.739. The fourth-order valence-electron chi connectivity index (χ4n) is 2.38. The lowest BCUT2D eigenvalue weighted by atomic mass is 10.1. The molecule has 0 fully saturated rings. The Morgan fingerprint density at radius 1 is 1.00 bits per heavy atom. The predicted octanol–water partition coefficient (Wildman–Crippen LogP) is 4.25. The number of aryl methyl sites for hydroxylation is 1. The molecule has 0 bridgehead atoms. The molecule has 0 radical (unpaired) electrons. The van der Waals surface area contributed by atoms with Crippen LogP contribution in [0, 0.1) is 6.92 Å². The number of aromatic nitrogens is 1. The van der Waals surface area contributed by atoms with E-state index in [0.717, 1.165) is 5.82 Å². The van der Waals surface area contributed by atoms with Crippen molar-refractivity contribution in [3.8, 4) is 0 Å². The maximum absolute atomic E-state index is 12.1. The summed E-state index contributed by atoms with van der Waals surface area (Å²) < 4.78 is 0. The van der Waals surface area contributed by atoms with Gasteiger partial charge in [0.15, 0.2) is 0 Å². The standard InChI is InChI=1S/C20H19N3O/c1-15-6-5-7-16(12-15)13-21-19-11-10-18(14-22-19)23-20(24)17-8-3-2-4-9-17/h2-12,14H,13H2,1H3,(H,21,22)(H,23,24). The molecule has 24 heavy (non-hydrogen) atoms. The van der Waals surface area contributed by atoms with Crippen LogP contribution in [0.25, 0.3) is 0 Å². The van der Waals surface area contributed by atoms with E-state index in [1.54, 1.807) is 18.3 Å². The molecule has 3 rings (SSSR count). The summed E-state index contributed by atoms with van der Waals surface area (Å²) in [6.45, 7) is 2.79. The molecular formula is C20H19N3O. The van der Waals surface area contributed by atoms with Gasteiger partial charge in [0.1, 0.15) is 5.82 Å². The van der Waals surface area contributed by atoms with Crippen molar-refractivity contribution in [3.63, 3.8) is 0 Å². The minimum atomic E-state index is -0.141. The van der Waals surface area contributed by atoms with Crippen LogP contribution >= 0.6 is 0 Å². The number of benzene rings is 2. The first-order chi connectivity index (χ1) is 11.7. The zero-order valence-electron chi connectivity index (χ0n) is 13.5. The van der Waals surface area contributed by atoms with Crippen molar-refractivity contribution in [3.05, 3.63) is 89.6 Å². The molecule has 0 spiro atoms. The molecule has 0 atom stereocenters. The average Bonchev–Trinajstić information content (AvgIpc) is 2.62. The summed E-state index contributed by atoms with van der Waals surface area (Å²) >= 11 is 0. The summed E-state index contributed by atoms with van der Waals surface area (Å²) in [5.41, 5.74) is 3.74. The zero-order chi connectivity index (χ0) is 16.8. The van der Waals surface area contributed by atoms with Gasteiger partial charge in [0, 0.05) is 12.1 Å². The molecule has 1 heterocycles. The maximum atomic E-state index is 12.1. The fraction of sp³-hybridized carbons (Fsp3) is 0.100. The minimum Gasteiger partial charge on any atom is -0.366 e. The molecule has 1 aromatic heterocycles. The highest BCUT2D eigenvalue weighted by Gasteiger charge is 2.05. The van der Waals surface area contributed by atoms with E-state index < -0.39 is 0 Å². The number of carbonyl (C=O) groups excluding carboxylic acids is 1. The topological polar surface area (TPSA) is 54.0 Å². The summed E-state index contributed by atoms with van der Waals surface area (Å²) in [5.74, 6) is 0.632. The van der Waals surface area contributed by atoms with Crippen molar-refractivity contribution >= 4 is 17.4 Å². The van der Waals surface area contributed by atoms with Gasteiger partial charge in [-0.25, -0.2) is 4.98 Å². The van der Waals surface area contributed by atoms with Crippen LogP contribution in [0.5, 0.6) is 0 Å². The molecule has 0 saturated heterocycles. The number of hydrogen-bond donors (Lipinski definition) is 2. The van der Waals surface area contributed by atoms with E-state index in [4.69, 9.17) is 0 Å². The van der Waals surface area contributed by atoms with Crippen molar-refractivity contribution in [2.45, 2.75) is 13.5 Å². The first-order valence-electron chi connectivity index (χ1n) is 7.82. The van der Waals surface area contributed by atoms with Crippen LogP contribution in [-0.4, -0.2) is 10.9 Å². The second-order valence-electron chi connectivity index (χ2n) is 5.59. The Labute approximate surface area is 141 Å². The third-order valence-electron chi connectivity index (χ3n) is 3.61. The van der Waals surface area contributed by atoms with Gasteiger partial charge in [-0.3, -0.25) is 4.79 Å². The van der Waals surface area contributed by atoms with Gasteiger partial charge >= 0.3 is 0 Å². The summed E-state index contributed by atoms with van der Waals surface area (Å²) in [6, 6.07) is 21.2. The molecule has 0 unspecified atom stereocenters. The molecule has 0 aliphatic carbocycles. The predicted molar refractivity (Wildman–Crippen MR) is 97.1 cm³/mol. The van der Waals surface area contributed by atoms with E-state index in [2.05, 4.69) is 40.7 Å². The second-order valence-corrected chi connectivity index (χ2v) is 5.59. The summed E-state index contributed by atoms with van der Waals surface area (Å²) in [7, 11) is 0. The van der Waals surface area contributed by atoms with Gasteiger partial charge in [0.05, 0.1) is 11.9 Å². The van der Waals surface area contributed by atoms with Gasteiger partial charge in [0.2, 0.25) is 0 Å². The number of pyridine rings is 1. The fourth-order valence-corrected chi connectivity index (χ4v) is 2.38. The molecule has 3 aromatic rings. The highest BCUT2D eigenvalue weighted by atomic mass is 16.1. The third kappa shape index (κ3) is 4.20. The molecular weight excluding hydrogens is 298 g/mol. The van der Waals surface area contributed by atoms with Gasteiger partial charge in [0.25, 0.3) is 5.91 Å². The van der Waals surface area contributed by atoms with E-state index in [-0.39, 0.29) is 5.91 Å². The third-order valence-corrected chi connectivity index (χ3v) is 3.61. The van der Waals surface area contributed by atoms with Crippen molar-refractivity contribution < 1.29 is 4.79 Å². The number of amides is 1. The van der Waals surface area contributed by atoms with E-state index in [1.807, 2.05) is 36.4 Å². The molecule has 120 valence electrons. The summed E-state index contributed by atoms with van der Waals surface area (Å²) in [4.78, 5) is 16.4. The molecule has 4 nitrogen and oxygen atoms in total. The lowest BCUT2D eigenvalue weighted by Gasteiger charge is -2.08. The molecule has 1 amide bonds. The molecule has 0 saturated carbocycles. The van der Waals surface area contributed by atoms with Crippen molar-refractivity contribution in [2.24, 2.45) is 0 Å². The lowest BCUT2D eigenvalue weighted by Crippen LogP contribution is -2.12. The van der Waals surface area contributed by atoms with E-state index in [0.29, 0.717) is 17.8 Å². The van der Waals surface area contributed by atoms with Gasteiger partial charge in [-0.15, -0.1) is 0 Å². The first kappa shape index (κ1) is 15.7. The van der Waals surface area contributed by atoms with E-state index in [1.165, 1.54) is 11.1 Å². The Kier molecular flexibility index (Phi) is 4.87. The van der Waals surface area contributed by atoms with Crippen LogP contribution in [-0.2, 0) is 6.54 Å². The van der Waals surface area contributed by atoms with E-state index >= 15 is 0 Å². The number of rotatable bonds is 5. The Hall–Kier alpha value is -3.14. The Morgan fingerprint density at radius 2 is 1.83 bits per heavy atom. The van der Waals surface area contributed by atoms with Crippen LogP contribution in [0.1, 0.15) is 21.5 Å². The van der Waals surface area contributed by atoms with Crippen LogP contribution < -0.4 is 10.6 Å². The van der Waals surface area contributed by atoms with Crippen LogP contribution in [0.2, 0.25) is 0 Å². The van der Waals surface area contributed by atoms with Gasteiger partial charge in [-0.05, 0) is 36.8 Å². The van der Waals surface area contributed by atoms with Crippen LogP contribution in [0.3, 0.4) is 0 Å². The largest absolute Gasteiger partial charge is 0.366 e. The Morgan fingerprint density at radius 3 is 2.54 bits per heavy atom. The van der Waals surface area contributed by atoms with Crippen LogP contribution in [0.4, 0.5) is 11.5 Å². The number of hydrogen-bond acceptors (Lipinski definition) is 3. The summed E-state index contributed by atoms with van der Waals surface area (Å²) in [5, 5.41) is 6.11.